The summed E-state index contributed by atoms with van der Waals surface area (Å²) < 4.78 is 11.6. The number of unbranched alkanes of at least 4 members (excludes halogenated alkanes) is 36. The molecule has 0 aliphatic rings. The third-order valence-electron chi connectivity index (χ3n) is 11.9. The molecule has 4 heteroatoms. The van der Waals surface area contributed by atoms with Gasteiger partial charge in [-0.1, -0.05) is 238 Å². The van der Waals surface area contributed by atoms with Crippen molar-refractivity contribution in [2.45, 2.75) is 310 Å². The molecule has 0 saturated carbocycles. The van der Waals surface area contributed by atoms with Gasteiger partial charge in [-0.2, -0.15) is 0 Å². The molecule has 0 radical (unpaired) electrons. The first-order valence-corrected chi connectivity index (χ1v) is 26.3. The van der Waals surface area contributed by atoms with Crippen LogP contribution < -0.4 is 0 Å². The van der Waals surface area contributed by atoms with Crippen molar-refractivity contribution in [1.29, 1.82) is 0 Å². The second-order valence-electron chi connectivity index (χ2n) is 17.8. The van der Waals surface area contributed by atoms with Gasteiger partial charge in [0.1, 0.15) is 0 Å². The molecular formula is C54H102O4. The predicted octanol–water partition coefficient (Wildman–Crippen LogP) is 18.7. The van der Waals surface area contributed by atoms with Crippen LogP contribution in [-0.2, 0) is 19.1 Å². The van der Waals surface area contributed by atoms with E-state index in [2.05, 4.69) is 45.1 Å². The van der Waals surface area contributed by atoms with Gasteiger partial charge in [0.25, 0.3) is 0 Å². The molecule has 0 aromatic carbocycles. The van der Waals surface area contributed by atoms with Crippen molar-refractivity contribution >= 4 is 11.9 Å². The van der Waals surface area contributed by atoms with Crippen LogP contribution in [0.2, 0.25) is 0 Å². The molecule has 0 atom stereocenters. The second kappa shape index (κ2) is 49.8. The van der Waals surface area contributed by atoms with Crippen molar-refractivity contribution in [1.82, 2.24) is 0 Å². The highest BCUT2D eigenvalue weighted by molar-refractivity contribution is 5.71. The topological polar surface area (TPSA) is 52.6 Å². The van der Waals surface area contributed by atoms with E-state index in [0.717, 1.165) is 51.4 Å². The van der Waals surface area contributed by atoms with Gasteiger partial charge in [0.05, 0.1) is 0 Å². The van der Waals surface area contributed by atoms with E-state index in [1.54, 1.807) is 0 Å². The van der Waals surface area contributed by atoms with Crippen molar-refractivity contribution in [2.75, 3.05) is 0 Å². The Balaban J connectivity index is 4.26. The lowest BCUT2D eigenvalue weighted by molar-refractivity contribution is -0.189. The van der Waals surface area contributed by atoms with E-state index in [4.69, 9.17) is 9.47 Å². The van der Waals surface area contributed by atoms with Crippen LogP contribution in [0.5, 0.6) is 0 Å². The number of carbonyl (C=O) groups excluding carboxylic acids is 2. The first-order valence-electron chi connectivity index (χ1n) is 26.3. The van der Waals surface area contributed by atoms with Crippen molar-refractivity contribution in [3.05, 3.63) is 24.3 Å². The van der Waals surface area contributed by atoms with Gasteiger partial charge in [-0.15, -0.1) is 0 Å². The van der Waals surface area contributed by atoms with Gasteiger partial charge in [0.2, 0.25) is 6.29 Å². The molecule has 0 amide bonds. The number of carbonyl (C=O) groups is 2. The summed E-state index contributed by atoms with van der Waals surface area (Å²) in [5, 5.41) is 0. The van der Waals surface area contributed by atoms with Crippen molar-refractivity contribution in [3.8, 4) is 0 Å². The highest BCUT2D eigenvalue weighted by Gasteiger charge is 2.18. The molecule has 0 N–H and O–H groups in total. The minimum Gasteiger partial charge on any atom is -0.425 e. The Labute approximate surface area is 363 Å². The minimum absolute atomic E-state index is 0.211. The molecule has 0 aliphatic heterocycles. The monoisotopic (exact) mass is 815 g/mol. The summed E-state index contributed by atoms with van der Waals surface area (Å²) in [6.07, 6.45) is 62.1. The second-order valence-corrected chi connectivity index (χ2v) is 17.8. The maximum Gasteiger partial charge on any atom is 0.308 e. The largest absolute Gasteiger partial charge is 0.425 e. The van der Waals surface area contributed by atoms with E-state index in [1.165, 1.54) is 212 Å². The first-order chi connectivity index (χ1) is 28.6. The summed E-state index contributed by atoms with van der Waals surface area (Å²) in [4.78, 5) is 25.6. The third-order valence-corrected chi connectivity index (χ3v) is 11.9. The molecule has 342 valence electrons. The molecule has 0 bridgehead atoms. The summed E-state index contributed by atoms with van der Waals surface area (Å²) in [6, 6.07) is 0. The number of hydrogen-bond acceptors (Lipinski definition) is 4. The van der Waals surface area contributed by atoms with Gasteiger partial charge >= 0.3 is 11.9 Å². The molecule has 0 aromatic rings. The zero-order valence-electron chi connectivity index (χ0n) is 39.6. The Morgan fingerprint density at radius 1 is 0.310 bits per heavy atom. The predicted molar refractivity (Wildman–Crippen MR) is 254 cm³/mol. The number of ether oxygens (including phenoxy) is 2. The fraction of sp³-hybridized carbons (Fsp3) is 0.889. The maximum atomic E-state index is 12.8. The summed E-state index contributed by atoms with van der Waals surface area (Å²) in [7, 11) is 0. The zero-order valence-corrected chi connectivity index (χ0v) is 39.6. The van der Waals surface area contributed by atoms with Gasteiger partial charge < -0.3 is 9.47 Å². The van der Waals surface area contributed by atoms with Crippen LogP contribution in [0.3, 0.4) is 0 Å². The van der Waals surface area contributed by atoms with Gasteiger partial charge in [0, 0.05) is 19.3 Å². The molecule has 0 heterocycles. The number of esters is 2. The first kappa shape index (κ1) is 56.4. The Morgan fingerprint density at radius 3 is 0.810 bits per heavy atom. The van der Waals surface area contributed by atoms with Crippen LogP contribution in [0.25, 0.3) is 0 Å². The van der Waals surface area contributed by atoms with E-state index < -0.39 is 6.29 Å². The average molecular weight is 815 g/mol. The van der Waals surface area contributed by atoms with Crippen LogP contribution in [0.15, 0.2) is 24.3 Å². The van der Waals surface area contributed by atoms with Gasteiger partial charge in [-0.3, -0.25) is 9.59 Å². The van der Waals surface area contributed by atoms with Crippen LogP contribution >= 0.6 is 0 Å². The van der Waals surface area contributed by atoms with Crippen LogP contribution in [0.1, 0.15) is 303 Å². The Bertz CT molecular complexity index is 824. The fourth-order valence-electron chi connectivity index (χ4n) is 7.92. The molecule has 0 fully saturated rings. The molecule has 0 aromatic heterocycles. The van der Waals surface area contributed by atoms with Crippen molar-refractivity contribution in [2.24, 2.45) is 0 Å². The quantitative estimate of drug-likeness (QED) is 0.0266. The maximum absolute atomic E-state index is 12.8. The van der Waals surface area contributed by atoms with E-state index >= 15 is 0 Å². The summed E-state index contributed by atoms with van der Waals surface area (Å²) >= 11 is 0. The molecule has 4 nitrogen and oxygen atoms in total. The van der Waals surface area contributed by atoms with E-state index in [1.807, 2.05) is 0 Å². The lowest BCUT2D eigenvalue weighted by Gasteiger charge is -2.18. The number of rotatable bonds is 48. The smallest absolute Gasteiger partial charge is 0.308 e. The van der Waals surface area contributed by atoms with Crippen molar-refractivity contribution in [3.63, 3.8) is 0 Å². The lowest BCUT2D eigenvalue weighted by Crippen LogP contribution is -2.24. The third kappa shape index (κ3) is 47.1. The summed E-state index contributed by atoms with van der Waals surface area (Å²) in [6.45, 7) is 6.83. The molecule has 58 heavy (non-hydrogen) atoms. The fourth-order valence-corrected chi connectivity index (χ4v) is 7.92. The van der Waals surface area contributed by atoms with Crippen LogP contribution in [0.4, 0.5) is 0 Å². The van der Waals surface area contributed by atoms with E-state index in [-0.39, 0.29) is 11.9 Å². The Morgan fingerprint density at radius 2 is 0.534 bits per heavy atom. The molecular weight excluding hydrogens is 713 g/mol. The van der Waals surface area contributed by atoms with E-state index in [0.29, 0.717) is 19.3 Å². The van der Waals surface area contributed by atoms with Gasteiger partial charge in [0.15, 0.2) is 0 Å². The highest BCUT2D eigenvalue weighted by Crippen LogP contribution is 2.18. The van der Waals surface area contributed by atoms with Gasteiger partial charge in [-0.05, 0) is 70.6 Å². The SMILES string of the molecule is CCCCCCCC/C=C\CCCCCCCC(=O)OC(CCCCCCCCCCCCCCCCC)OC(=O)CCCCCCC/C=C\CCCCCCCC. The summed E-state index contributed by atoms with van der Waals surface area (Å²) in [5.41, 5.74) is 0. The Kier molecular flexibility index (Phi) is 48.4. The molecule has 0 aliphatic carbocycles. The molecule has 0 rings (SSSR count). The van der Waals surface area contributed by atoms with Crippen LogP contribution in [0, 0.1) is 0 Å². The molecule has 0 saturated heterocycles. The van der Waals surface area contributed by atoms with Gasteiger partial charge in [-0.25, -0.2) is 0 Å². The normalized spacial score (nSPS) is 11.8. The van der Waals surface area contributed by atoms with Crippen LogP contribution in [-0.4, -0.2) is 18.2 Å². The lowest BCUT2D eigenvalue weighted by atomic mass is 10.0. The number of hydrogen-bond donors (Lipinski definition) is 0. The Hall–Kier alpha value is -1.58. The standard InChI is InChI=1S/C54H102O4/c1-4-7-10-13-16-19-22-25-28-31-34-37-40-43-46-49-52(55)57-54(51-48-45-42-39-36-33-30-27-24-21-18-15-12-9-6-3)58-53(56)50-47-44-41-38-35-32-29-26-23-20-17-14-11-8-5-2/h25-26,28-29,54H,4-24,27,30-51H2,1-3H3/b28-25-,29-26-. The summed E-state index contributed by atoms with van der Waals surface area (Å²) in [5.74, 6) is -0.421. The molecule has 0 spiro atoms. The molecule has 0 unspecified atom stereocenters. The number of allylic oxidation sites excluding steroid dienone is 4. The van der Waals surface area contributed by atoms with E-state index in [9.17, 15) is 9.59 Å². The van der Waals surface area contributed by atoms with Crippen molar-refractivity contribution < 1.29 is 19.1 Å². The zero-order chi connectivity index (χ0) is 42.1. The highest BCUT2D eigenvalue weighted by atomic mass is 16.7. The minimum atomic E-state index is -0.728. The average Bonchev–Trinajstić information content (AvgIpc) is 3.22.